The van der Waals surface area contributed by atoms with Crippen molar-refractivity contribution >= 4 is 32.7 Å². The average Bonchev–Trinajstić information content (AvgIpc) is 2.99. The maximum atomic E-state index is 12.2. The molecule has 0 bridgehead atoms. The number of hydrogen-bond donors (Lipinski definition) is 1. The molecule has 2 heterocycles. The Balaban J connectivity index is 1.56. The molecule has 23 heavy (non-hydrogen) atoms. The van der Waals surface area contributed by atoms with Gasteiger partial charge in [-0.1, -0.05) is 23.5 Å². The lowest BCUT2D eigenvalue weighted by Crippen LogP contribution is -2.53. The van der Waals surface area contributed by atoms with Crippen molar-refractivity contribution in [2.75, 3.05) is 44.8 Å². The highest BCUT2D eigenvalue weighted by molar-refractivity contribution is 7.22. The largest absolute Gasteiger partial charge is 0.383 e. The average molecular weight is 334 g/mol. The van der Waals surface area contributed by atoms with Crippen molar-refractivity contribution in [3.63, 3.8) is 0 Å². The van der Waals surface area contributed by atoms with Gasteiger partial charge in [0.2, 0.25) is 0 Å². The van der Waals surface area contributed by atoms with E-state index < -0.39 is 0 Å². The molecule has 1 atom stereocenters. The summed E-state index contributed by atoms with van der Waals surface area (Å²) in [6, 6.07) is 8.18. The molecule has 1 aliphatic rings. The van der Waals surface area contributed by atoms with Gasteiger partial charge >= 0.3 is 6.03 Å². The molecule has 0 saturated carbocycles. The van der Waals surface area contributed by atoms with E-state index in [-0.39, 0.29) is 12.1 Å². The van der Waals surface area contributed by atoms with E-state index in [1.54, 1.807) is 18.4 Å². The van der Waals surface area contributed by atoms with Crippen LogP contribution < -0.4 is 10.2 Å². The van der Waals surface area contributed by atoms with Gasteiger partial charge in [-0.05, 0) is 19.1 Å². The molecule has 1 aromatic heterocycles. The second-order valence-electron chi connectivity index (χ2n) is 5.74. The first-order valence-electron chi connectivity index (χ1n) is 7.82. The molecule has 0 unspecified atom stereocenters. The number of nitrogens with zero attached hydrogens (tertiary/aromatic N) is 3. The second-order valence-corrected chi connectivity index (χ2v) is 6.75. The van der Waals surface area contributed by atoms with Gasteiger partial charge in [-0.3, -0.25) is 0 Å². The molecule has 6 nitrogen and oxygen atoms in total. The minimum absolute atomic E-state index is 0.0153. The Morgan fingerprint density at radius 3 is 2.78 bits per heavy atom. The van der Waals surface area contributed by atoms with Gasteiger partial charge in [-0.25, -0.2) is 9.78 Å². The van der Waals surface area contributed by atoms with Gasteiger partial charge in [0, 0.05) is 33.3 Å². The fourth-order valence-corrected chi connectivity index (χ4v) is 3.71. The molecule has 0 spiro atoms. The van der Waals surface area contributed by atoms with Crippen LogP contribution in [0.25, 0.3) is 10.2 Å². The van der Waals surface area contributed by atoms with E-state index in [1.165, 1.54) is 4.70 Å². The van der Waals surface area contributed by atoms with E-state index in [9.17, 15) is 4.79 Å². The van der Waals surface area contributed by atoms with Crippen LogP contribution in [-0.2, 0) is 4.74 Å². The van der Waals surface area contributed by atoms with Crippen molar-refractivity contribution in [2.45, 2.75) is 13.0 Å². The predicted molar refractivity (Wildman–Crippen MR) is 93.3 cm³/mol. The fourth-order valence-electron chi connectivity index (χ4n) is 2.69. The molecular formula is C16H22N4O2S. The van der Waals surface area contributed by atoms with Crippen LogP contribution in [0.1, 0.15) is 6.92 Å². The first-order chi connectivity index (χ1) is 11.2. The molecule has 124 valence electrons. The van der Waals surface area contributed by atoms with E-state index in [1.807, 2.05) is 30.0 Å². The molecule has 1 fully saturated rings. The molecule has 0 aliphatic carbocycles. The maximum absolute atomic E-state index is 12.2. The number of piperazine rings is 1. The summed E-state index contributed by atoms with van der Waals surface area (Å²) < 4.78 is 6.25. The lowest BCUT2D eigenvalue weighted by Gasteiger charge is -2.35. The van der Waals surface area contributed by atoms with Crippen LogP contribution in [0, 0.1) is 0 Å². The molecule has 7 heteroatoms. The van der Waals surface area contributed by atoms with Crippen LogP contribution in [0.4, 0.5) is 9.93 Å². The first kappa shape index (κ1) is 16.0. The van der Waals surface area contributed by atoms with Crippen molar-refractivity contribution < 1.29 is 9.53 Å². The number of ether oxygens (including phenoxy) is 1. The number of aromatic nitrogens is 1. The van der Waals surface area contributed by atoms with Crippen LogP contribution in [0.15, 0.2) is 24.3 Å². The van der Waals surface area contributed by atoms with Crippen molar-refractivity contribution in [2.24, 2.45) is 0 Å². The monoisotopic (exact) mass is 334 g/mol. The Morgan fingerprint density at radius 2 is 2.09 bits per heavy atom. The van der Waals surface area contributed by atoms with Gasteiger partial charge < -0.3 is 19.9 Å². The smallest absolute Gasteiger partial charge is 0.317 e. The quantitative estimate of drug-likeness (QED) is 0.931. The number of anilines is 1. The zero-order valence-corrected chi connectivity index (χ0v) is 14.3. The number of urea groups is 1. The minimum Gasteiger partial charge on any atom is -0.383 e. The molecule has 2 aromatic rings. The predicted octanol–water partition coefficient (Wildman–Crippen LogP) is 2.16. The SMILES string of the molecule is COC[C@@H](C)NC(=O)N1CCN(c2nc3ccccc3s2)CC1. The van der Waals surface area contributed by atoms with E-state index in [0.29, 0.717) is 19.7 Å². The van der Waals surface area contributed by atoms with Crippen molar-refractivity contribution in [3.8, 4) is 0 Å². The molecular weight excluding hydrogens is 312 g/mol. The van der Waals surface area contributed by atoms with Crippen LogP contribution in [0.5, 0.6) is 0 Å². The topological polar surface area (TPSA) is 57.7 Å². The maximum Gasteiger partial charge on any atom is 0.317 e. The third kappa shape index (κ3) is 3.73. The van der Waals surface area contributed by atoms with Gasteiger partial charge in [0.25, 0.3) is 0 Å². The summed E-state index contributed by atoms with van der Waals surface area (Å²) in [5, 5.41) is 4.00. The highest BCUT2D eigenvalue weighted by atomic mass is 32.1. The number of fused-ring (bicyclic) bond motifs is 1. The second kappa shape index (κ2) is 7.14. The third-order valence-electron chi connectivity index (χ3n) is 3.91. The van der Waals surface area contributed by atoms with Gasteiger partial charge in [-0.2, -0.15) is 0 Å². The molecule has 3 rings (SSSR count). The molecule has 1 saturated heterocycles. The summed E-state index contributed by atoms with van der Waals surface area (Å²) in [4.78, 5) is 21.0. The number of carbonyl (C=O) groups is 1. The van der Waals surface area contributed by atoms with Gasteiger partial charge in [0.15, 0.2) is 5.13 Å². The summed E-state index contributed by atoms with van der Waals surface area (Å²) in [6.45, 7) is 5.51. The highest BCUT2D eigenvalue weighted by Gasteiger charge is 2.23. The standard InChI is InChI=1S/C16H22N4O2S/c1-12(11-22-2)17-15(21)19-7-9-20(10-8-19)16-18-13-5-3-4-6-14(13)23-16/h3-6,12H,7-11H2,1-2H3,(H,17,21)/t12-/m1/s1. The number of nitrogens with one attached hydrogen (secondary N) is 1. The summed E-state index contributed by atoms with van der Waals surface area (Å²) in [7, 11) is 1.64. The summed E-state index contributed by atoms with van der Waals surface area (Å²) in [5.41, 5.74) is 1.04. The van der Waals surface area contributed by atoms with Crippen molar-refractivity contribution in [1.82, 2.24) is 15.2 Å². The van der Waals surface area contributed by atoms with Crippen LogP contribution in [0.2, 0.25) is 0 Å². The van der Waals surface area contributed by atoms with Gasteiger partial charge in [0.05, 0.1) is 22.9 Å². The number of thiazole rings is 1. The van der Waals surface area contributed by atoms with Crippen LogP contribution in [-0.4, -0.2) is 61.9 Å². The zero-order chi connectivity index (χ0) is 16.2. The van der Waals surface area contributed by atoms with E-state index >= 15 is 0 Å². The molecule has 0 radical (unpaired) electrons. The number of hydrogen-bond acceptors (Lipinski definition) is 5. The number of para-hydroxylation sites is 1. The summed E-state index contributed by atoms with van der Waals surface area (Å²) in [6.07, 6.45) is 0. The van der Waals surface area contributed by atoms with E-state index in [0.717, 1.165) is 23.7 Å². The Bertz CT molecular complexity index is 634. The summed E-state index contributed by atoms with van der Waals surface area (Å²) >= 11 is 1.71. The Morgan fingerprint density at radius 1 is 1.35 bits per heavy atom. The Labute approximate surface area is 140 Å². The lowest BCUT2D eigenvalue weighted by molar-refractivity contribution is 0.158. The van der Waals surface area contributed by atoms with Gasteiger partial charge in [0.1, 0.15) is 0 Å². The van der Waals surface area contributed by atoms with Crippen molar-refractivity contribution in [1.29, 1.82) is 0 Å². The molecule has 1 aliphatic heterocycles. The number of rotatable bonds is 4. The zero-order valence-electron chi connectivity index (χ0n) is 13.5. The van der Waals surface area contributed by atoms with Gasteiger partial charge in [-0.15, -0.1) is 0 Å². The summed E-state index contributed by atoms with van der Waals surface area (Å²) in [5.74, 6) is 0. The highest BCUT2D eigenvalue weighted by Crippen LogP contribution is 2.29. The molecule has 1 aromatic carbocycles. The number of carbonyl (C=O) groups excluding carboxylic acids is 1. The van der Waals surface area contributed by atoms with E-state index in [4.69, 9.17) is 4.74 Å². The van der Waals surface area contributed by atoms with E-state index in [2.05, 4.69) is 21.3 Å². The number of methoxy groups -OCH3 is 1. The minimum atomic E-state index is -0.0153. The first-order valence-corrected chi connectivity index (χ1v) is 8.64. The Kier molecular flexibility index (Phi) is 4.97. The number of amides is 2. The third-order valence-corrected chi connectivity index (χ3v) is 5.00. The molecule has 2 amide bonds. The lowest BCUT2D eigenvalue weighted by atomic mass is 10.3. The van der Waals surface area contributed by atoms with Crippen LogP contribution in [0.3, 0.4) is 0 Å². The normalized spacial score (nSPS) is 16.6. The van der Waals surface area contributed by atoms with Crippen LogP contribution >= 0.6 is 11.3 Å². The number of benzene rings is 1. The Hall–Kier alpha value is -1.86. The van der Waals surface area contributed by atoms with Crippen molar-refractivity contribution in [3.05, 3.63) is 24.3 Å². The fraction of sp³-hybridized carbons (Fsp3) is 0.500. The molecule has 1 N–H and O–H groups in total.